The molecule has 1 aromatic rings. The number of methoxy groups -OCH3 is 1. The summed E-state index contributed by atoms with van der Waals surface area (Å²) in [6, 6.07) is 5.09. The number of rotatable bonds is 4. The molecule has 0 aliphatic rings. The second-order valence-electron chi connectivity index (χ2n) is 2.71. The predicted octanol–water partition coefficient (Wildman–Crippen LogP) is 1.22. The van der Waals surface area contributed by atoms with E-state index in [1.807, 2.05) is 0 Å². The molecule has 1 rings (SSSR count). The van der Waals surface area contributed by atoms with Crippen molar-refractivity contribution in [1.82, 2.24) is 4.98 Å². The fraction of sp³-hybridized carbons (Fsp3) is 0.300. The second kappa shape index (κ2) is 5.11. The molecule has 0 bridgehead atoms. The molecule has 0 aliphatic carbocycles. The number of hydrogen-bond donors (Lipinski definition) is 0. The lowest BCUT2D eigenvalue weighted by Crippen LogP contribution is -2.07. The summed E-state index contributed by atoms with van der Waals surface area (Å²) in [5.41, 5.74) is 0.386. The van der Waals surface area contributed by atoms with E-state index in [2.05, 4.69) is 9.72 Å². The third kappa shape index (κ3) is 2.97. The van der Waals surface area contributed by atoms with Crippen LogP contribution in [0.4, 0.5) is 0 Å². The second-order valence-corrected chi connectivity index (χ2v) is 2.71. The number of Topliss-reactive ketones (excluding diaryl/α,β-unsaturated/α-hetero) is 1. The van der Waals surface area contributed by atoms with Gasteiger partial charge in [0.05, 0.1) is 13.5 Å². The minimum Gasteiger partial charge on any atom is -0.469 e. The van der Waals surface area contributed by atoms with Gasteiger partial charge in [-0.05, 0) is 12.1 Å². The quantitative estimate of drug-likeness (QED) is 0.533. The first kappa shape index (κ1) is 10.4. The Hall–Kier alpha value is -1.71. The first-order valence-corrected chi connectivity index (χ1v) is 4.25. The standard InChI is InChI=1S/C10H11NO3/c1-14-10(13)6-5-9(12)8-4-2-3-7-11-8/h2-4,7H,5-6H2,1H3. The van der Waals surface area contributed by atoms with E-state index in [0.29, 0.717) is 5.69 Å². The van der Waals surface area contributed by atoms with Gasteiger partial charge in [-0.3, -0.25) is 14.6 Å². The molecular formula is C10H11NO3. The molecule has 0 fully saturated rings. The molecule has 0 radical (unpaired) electrons. The number of carbonyl (C=O) groups is 2. The lowest BCUT2D eigenvalue weighted by molar-refractivity contribution is -0.140. The molecule has 0 aliphatic heterocycles. The number of ketones is 1. The molecule has 0 atom stereocenters. The van der Waals surface area contributed by atoms with Crippen LogP contribution in [0.25, 0.3) is 0 Å². The van der Waals surface area contributed by atoms with Crippen molar-refractivity contribution in [1.29, 1.82) is 0 Å². The van der Waals surface area contributed by atoms with Crippen LogP contribution in [0.2, 0.25) is 0 Å². The van der Waals surface area contributed by atoms with Crippen molar-refractivity contribution in [2.45, 2.75) is 12.8 Å². The smallest absolute Gasteiger partial charge is 0.305 e. The van der Waals surface area contributed by atoms with Crippen LogP contribution >= 0.6 is 0 Å². The fourth-order valence-corrected chi connectivity index (χ4v) is 0.973. The minimum absolute atomic E-state index is 0.103. The van der Waals surface area contributed by atoms with Crippen LogP contribution in [0, 0.1) is 0 Å². The number of esters is 1. The maximum Gasteiger partial charge on any atom is 0.305 e. The monoisotopic (exact) mass is 193 g/mol. The van der Waals surface area contributed by atoms with Crippen molar-refractivity contribution in [2.24, 2.45) is 0 Å². The normalized spacial score (nSPS) is 9.50. The molecule has 4 heteroatoms. The number of pyridine rings is 1. The summed E-state index contributed by atoms with van der Waals surface area (Å²) in [7, 11) is 1.30. The van der Waals surface area contributed by atoms with Crippen LogP contribution < -0.4 is 0 Å². The van der Waals surface area contributed by atoms with Gasteiger partial charge in [0.25, 0.3) is 0 Å². The highest BCUT2D eigenvalue weighted by molar-refractivity contribution is 5.95. The van der Waals surface area contributed by atoms with Crippen molar-refractivity contribution < 1.29 is 14.3 Å². The summed E-state index contributed by atoms with van der Waals surface area (Å²) in [5.74, 6) is -0.523. The molecule has 1 heterocycles. The van der Waals surface area contributed by atoms with Gasteiger partial charge in [0, 0.05) is 12.6 Å². The zero-order chi connectivity index (χ0) is 10.4. The Morgan fingerprint density at radius 1 is 1.36 bits per heavy atom. The maximum atomic E-state index is 11.4. The Kier molecular flexibility index (Phi) is 3.79. The van der Waals surface area contributed by atoms with E-state index in [9.17, 15) is 9.59 Å². The van der Waals surface area contributed by atoms with Crippen molar-refractivity contribution in [2.75, 3.05) is 7.11 Å². The highest BCUT2D eigenvalue weighted by atomic mass is 16.5. The van der Waals surface area contributed by atoms with Gasteiger partial charge in [0.1, 0.15) is 5.69 Å². The van der Waals surface area contributed by atoms with Gasteiger partial charge >= 0.3 is 5.97 Å². The number of hydrogen-bond acceptors (Lipinski definition) is 4. The predicted molar refractivity (Wildman–Crippen MR) is 49.8 cm³/mol. The Labute approximate surface area is 81.9 Å². The average Bonchev–Trinajstić information content (AvgIpc) is 2.26. The van der Waals surface area contributed by atoms with Gasteiger partial charge in [0.15, 0.2) is 5.78 Å². The highest BCUT2D eigenvalue weighted by Gasteiger charge is 2.09. The van der Waals surface area contributed by atoms with Gasteiger partial charge in [0.2, 0.25) is 0 Å². The van der Waals surface area contributed by atoms with Crippen molar-refractivity contribution >= 4 is 11.8 Å². The molecule has 74 valence electrons. The summed E-state index contributed by atoms with van der Waals surface area (Å²) < 4.78 is 4.42. The first-order valence-electron chi connectivity index (χ1n) is 4.25. The van der Waals surface area contributed by atoms with Crippen molar-refractivity contribution in [3.05, 3.63) is 30.1 Å². The van der Waals surface area contributed by atoms with Gasteiger partial charge in [-0.1, -0.05) is 6.07 Å². The molecule has 0 aromatic carbocycles. The first-order chi connectivity index (χ1) is 6.74. The molecule has 0 unspecified atom stereocenters. The lowest BCUT2D eigenvalue weighted by atomic mass is 10.1. The van der Waals surface area contributed by atoms with Crippen LogP contribution in [0.1, 0.15) is 23.3 Å². The highest BCUT2D eigenvalue weighted by Crippen LogP contribution is 2.02. The summed E-state index contributed by atoms with van der Waals surface area (Å²) in [4.78, 5) is 26.0. The van der Waals surface area contributed by atoms with Crippen LogP contribution in [0.15, 0.2) is 24.4 Å². The molecule has 0 spiro atoms. The van der Waals surface area contributed by atoms with E-state index in [-0.39, 0.29) is 24.6 Å². The molecular weight excluding hydrogens is 182 g/mol. The third-order valence-corrected chi connectivity index (χ3v) is 1.73. The van der Waals surface area contributed by atoms with Crippen LogP contribution in [-0.4, -0.2) is 23.8 Å². The van der Waals surface area contributed by atoms with E-state index in [4.69, 9.17) is 0 Å². The number of nitrogens with zero attached hydrogens (tertiary/aromatic N) is 1. The third-order valence-electron chi connectivity index (χ3n) is 1.73. The summed E-state index contributed by atoms with van der Waals surface area (Å²) in [5, 5.41) is 0. The molecule has 4 nitrogen and oxygen atoms in total. The molecule has 0 N–H and O–H groups in total. The van der Waals surface area contributed by atoms with E-state index >= 15 is 0 Å². The number of carbonyl (C=O) groups excluding carboxylic acids is 2. The molecule has 0 saturated carbocycles. The van der Waals surface area contributed by atoms with Crippen LogP contribution in [0.5, 0.6) is 0 Å². The van der Waals surface area contributed by atoms with Gasteiger partial charge < -0.3 is 4.74 Å². The van der Waals surface area contributed by atoms with Gasteiger partial charge in [-0.2, -0.15) is 0 Å². The molecule has 14 heavy (non-hydrogen) atoms. The summed E-state index contributed by atoms with van der Waals surface area (Å²) in [6.45, 7) is 0. The Balaban J connectivity index is 2.48. The van der Waals surface area contributed by atoms with Gasteiger partial charge in [-0.25, -0.2) is 0 Å². The Bertz CT molecular complexity index is 321. The van der Waals surface area contributed by atoms with E-state index in [1.54, 1.807) is 24.4 Å². The lowest BCUT2D eigenvalue weighted by Gasteiger charge is -1.98. The average molecular weight is 193 g/mol. The fourth-order valence-electron chi connectivity index (χ4n) is 0.973. The van der Waals surface area contributed by atoms with Crippen LogP contribution in [-0.2, 0) is 9.53 Å². The van der Waals surface area contributed by atoms with Crippen molar-refractivity contribution in [3.63, 3.8) is 0 Å². The Morgan fingerprint density at radius 3 is 2.71 bits per heavy atom. The van der Waals surface area contributed by atoms with E-state index < -0.39 is 0 Å². The zero-order valence-corrected chi connectivity index (χ0v) is 7.90. The summed E-state index contributed by atoms with van der Waals surface area (Å²) in [6.07, 6.45) is 1.79. The molecule has 1 aromatic heterocycles. The summed E-state index contributed by atoms with van der Waals surface area (Å²) >= 11 is 0. The van der Waals surface area contributed by atoms with Gasteiger partial charge in [-0.15, -0.1) is 0 Å². The minimum atomic E-state index is -0.380. The largest absolute Gasteiger partial charge is 0.469 e. The number of aromatic nitrogens is 1. The Morgan fingerprint density at radius 2 is 2.14 bits per heavy atom. The SMILES string of the molecule is COC(=O)CCC(=O)c1ccccn1. The van der Waals surface area contributed by atoms with E-state index in [1.165, 1.54) is 7.11 Å². The molecule has 0 amide bonds. The maximum absolute atomic E-state index is 11.4. The van der Waals surface area contributed by atoms with E-state index in [0.717, 1.165) is 0 Å². The van der Waals surface area contributed by atoms with Crippen LogP contribution in [0.3, 0.4) is 0 Å². The van der Waals surface area contributed by atoms with Crippen molar-refractivity contribution in [3.8, 4) is 0 Å². The number of ether oxygens (including phenoxy) is 1. The zero-order valence-electron chi connectivity index (χ0n) is 7.90. The topological polar surface area (TPSA) is 56.3 Å². The molecule has 0 saturated heterocycles.